The van der Waals surface area contributed by atoms with E-state index in [2.05, 4.69) is 40.3 Å². The van der Waals surface area contributed by atoms with Gasteiger partial charge >= 0.3 is 0 Å². The molecule has 0 spiro atoms. The molecule has 0 radical (unpaired) electrons. The molecule has 1 aromatic carbocycles. The first-order valence-corrected chi connectivity index (χ1v) is 8.63. The van der Waals surface area contributed by atoms with Crippen molar-refractivity contribution in [2.75, 3.05) is 7.05 Å². The smallest absolute Gasteiger partial charge is 0.124 e. The van der Waals surface area contributed by atoms with E-state index >= 15 is 0 Å². The van der Waals surface area contributed by atoms with Crippen molar-refractivity contribution < 1.29 is 4.39 Å². The highest BCUT2D eigenvalue weighted by Crippen LogP contribution is 2.38. The molecule has 1 unspecified atom stereocenters. The molecule has 1 N–H and O–H groups in total. The summed E-state index contributed by atoms with van der Waals surface area (Å²) in [5.74, 6) is -0.179. The summed E-state index contributed by atoms with van der Waals surface area (Å²) in [5.41, 5.74) is 1.27. The molecule has 5 heteroatoms. The summed E-state index contributed by atoms with van der Waals surface area (Å²) < 4.78 is 15.4. The lowest BCUT2D eigenvalue weighted by atomic mass is 10.1. The van der Waals surface area contributed by atoms with Crippen LogP contribution >= 0.6 is 38.6 Å². The van der Waals surface area contributed by atoms with Crippen molar-refractivity contribution in [2.45, 2.75) is 13.0 Å². The highest BCUT2D eigenvalue weighted by molar-refractivity contribution is 9.11. The summed E-state index contributed by atoms with van der Waals surface area (Å²) in [6, 6.07) is 9.41. The average molecular weight is 370 g/mol. The van der Waals surface area contributed by atoms with E-state index in [1.807, 2.05) is 13.1 Å². The molecule has 1 nitrogen and oxygen atoms in total. The van der Waals surface area contributed by atoms with Gasteiger partial charge in [0.1, 0.15) is 5.82 Å². The maximum absolute atomic E-state index is 13.3. The van der Waals surface area contributed by atoms with Crippen molar-refractivity contribution >= 4 is 48.7 Å². The molecule has 0 amide bonds. The Morgan fingerprint density at radius 2 is 2.00 bits per heavy atom. The third-order valence-electron chi connectivity index (χ3n) is 3.31. The van der Waals surface area contributed by atoms with E-state index in [1.54, 1.807) is 28.7 Å². The number of rotatable bonds is 3. The van der Waals surface area contributed by atoms with Crippen LogP contribution < -0.4 is 5.32 Å². The van der Waals surface area contributed by atoms with E-state index in [-0.39, 0.29) is 11.9 Å². The van der Waals surface area contributed by atoms with Gasteiger partial charge in [0.2, 0.25) is 0 Å². The molecule has 0 bridgehead atoms. The molecular formula is C15H13BrFNS2. The number of hydrogen-bond acceptors (Lipinski definition) is 3. The highest BCUT2D eigenvalue weighted by Gasteiger charge is 2.19. The van der Waals surface area contributed by atoms with Crippen LogP contribution in [0.3, 0.4) is 0 Å². The monoisotopic (exact) mass is 369 g/mol. The summed E-state index contributed by atoms with van der Waals surface area (Å²) in [6.45, 7) is 2.13. The third kappa shape index (κ3) is 2.55. The van der Waals surface area contributed by atoms with E-state index in [1.165, 1.54) is 21.4 Å². The molecule has 0 aliphatic rings. The van der Waals surface area contributed by atoms with E-state index in [4.69, 9.17) is 0 Å². The van der Waals surface area contributed by atoms with Crippen molar-refractivity contribution in [3.8, 4) is 0 Å². The maximum Gasteiger partial charge on any atom is 0.124 e. The SMILES string of the molecule is CNC(c1cc2ccc(F)cc2s1)c1cc(Br)sc1C. The Balaban J connectivity index is 2.09. The Morgan fingerprint density at radius 1 is 1.20 bits per heavy atom. The maximum atomic E-state index is 13.3. The van der Waals surface area contributed by atoms with Gasteiger partial charge in [-0.05, 0) is 65.1 Å². The number of hydrogen-bond donors (Lipinski definition) is 1. The van der Waals surface area contributed by atoms with Crippen molar-refractivity contribution in [1.29, 1.82) is 0 Å². The van der Waals surface area contributed by atoms with Crippen LogP contribution in [0.5, 0.6) is 0 Å². The van der Waals surface area contributed by atoms with Gasteiger partial charge in [-0.2, -0.15) is 0 Å². The number of nitrogens with one attached hydrogen (secondary N) is 1. The van der Waals surface area contributed by atoms with E-state index in [9.17, 15) is 4.39 Å². The molecule has 20 heavy (non-hydrogen) atoms. The molecule has 0 aliphatic heterocycles. The first-order chi connectivity index (χ1) is 9.58. The second-order valence-electron chi connectivity index (χ2n) is 4.61. The Hall–Kier alpha value is -0.750. The second-order valence-corrected chi connectivity index (χ2v) is 8.37. The number of aryl methyl sites for hydroxylation is 1. The summed E-state index contributed by atoms with van der Waals surface area (Å²) >= 11 is 6.92. The quantitative estimate of drug-likeness (QED) is 0.644. The van der Waals surface area contributed by atoms with E-state index < -0.39 is 0 Å². The van der Waals surface area contributed by atoms with E-state index in [0.717, 1.165) is 13.9 Å². The normalized spacial score (nSPS) is 13.0. The predicted molar refractivity (Wildman–Crippen MR) is 89.4 cm³/mol. The summed E-state index contributed by atoms with van der Waals surface area (Å²) in [4.78, 5) is 2.50. The zero-order valence-electron chi connectivity index (χ0n) is 11.0. The van der Waals surface area contributed by atoms with Gasteiger partial charge in [0.05, 0.1) is 9.83 Å². The third-order valence-corrected chi connectivity index (χ3v) is 6.04. The summed E-state index contributed by atoms with van der Waals surface area (Å²) in [7, 11) is 1.96. The van der Waals surface area contributed by atoms with Gasteiger partial charge in [-0.1, -0.05) is 6.07 Å². The van der Waals surface area contributed by atoms with Crippen LogP contribution in [-0.2, 0) is 0 Å². The molecule has 0 aliphatic carbocycles. The molecule has 2 aromatic heterocycles. The van der Waals surface area contributed by atoms with Crippen molar-refractivity contribution in [3.63, 3.8) is 0 Å². The largest absolute Gasteiger partial charge is 0.309 e. The molecule has 0 saturated heterocycles. The average Bonchev–Trinajstić information content (AvgIpc) is 2.94. The predicted octanol–water partition coefficient (Wildman–Crippen LogP) is 5.48. The fourth-order valence-corrected chi connectivity index (χ4v) is 5.33. The summed E-state index contributed by atoms with van der Waals surface area (Å²) in [5, 5.41) is 4.46. The number of fused-ring (bicyclic) bond motifs is 1. The number of benzene rings is 1. The first-order valence-electron chi connectivity index (χ1n) is 6.20. The van der Waals surface area contributed by atoms with Gasteiger partial charge in [-0.3, -0.25) is 0 Å². The minimum absolute atomic E-state index is 0.151. The van der Waals surface area contributed by atoms with Crippen LogP contribution in [0.25, 0.3) is 10.1 Å². The molecule has 0 fully saturated rings. The van der Waals surface area contributed by atoms with Crippen LogP contribution in [0.1, 0.15) is 21.4 Å². The molecule has 3 rings (SSSR count). The Labute approximate surface area is 133 Å². The lowest BCUT2D eigenvalue weighted by Gasteiger charge is -2.14. The van der Waals surface area contributed by atoms with Gasteiger partial charge in [0.15, 0.2) is 0 Å². The van der Waals surface area contributed by atoms with Crippen LogP contribution in [0.2, 0.25) is 0 Å². The summed E-state index contributed by atoms with van der Waals surface area (Å²) in [6.07, 6.45) is 0. The van der Waals surface area contributed by atoms with Gasteiger partial charge in [-0.25, -0.2) is 4.39 Å². The fraction of sp³-hybridized carbons (Fsp3) is 0.200. The van der Waals surface area contributed by atoms with Crippen LogP contribution in [0.4, 0.5) is 4.39 Å². The van der Waals surface area contributed by atoms with Crippen LogP contribution in [0.15, 0.2) is 34.1 Å². The first kappa shape index (κ1) is 14.2. The van der Waals surface area contributed by atoms with Crippen molar-refractivity contribution in [3.05, 3.63) is 55.3 Å². The lowest BCUT2D eigenvalue weighted by molar-refractivity contribution is 0.630. The highest BCUT2D eigenvalue weighted by atomic mass is 79.9. The molecule has 0 saturated carbocycles. The molecule has 104 valence electrons. The minimum Gasteiger partial charge on any atom is -0.309 e. The zero-order chi connectivity index (χ0) is 14.3. The Kier molecular flexibility index (Phi) is 3.95. The van der Waals surface area contributed by atoms with Gasteiger partial charge < -0.3 is 5.32 Å². The van der Waals surface area contributed by atoms with Crippen molar-refractivity contribution in [1.82, 2.24) is 5.32 Å². The standard InChI is InChI=1S/C15H13BrFNS2/c1-8-11(7-14(16)19-8)15(18-2)13-5-9-3-4-10(17)6-12(9)20-13/h3-7,15,18H,1-2H3. The van der Waals surface area contributed by atoms with Gasteiger partial charge in [0, 0.05) is 14.5 Å². The second kappa shape index (κ2) is 5.56. The van der Waals surface area contributed by atoms with Crippen LogP contribution in [0, 0.1) is 12.7 Å². The topological polar surface area (TPSA) is 12.0 Å². The number of thiophene rings is 2. The van der Waals surface area contributed by atoms with Gasteiger partial charge in [0.25, 0.3) is 0 Å². The minimum atomic E-state index is -0.179. The Bertz CT molecular complexity index is 762. The van der Waals surface area contributed by atoms with Crippen molar-refractivity contribution in [2.24, 2.45) is 0 Å². The van der Waals surface area contributed by atoms with E-state index in [0.29, 0.717) is 0 Å². The molecule has 3 aromatic rings. The van der Waals surface area contributed by atoms with Gasteiger partial charge in [-0.15, -0.1) is 22.7 Å². The molecule has 2 heterocycles. The van der Waals surface area contributed by atoms with Crippen LogP contribution in [-0.4, -0.2) is 7.05 Å². The number of halogens is 2. The molecule has 1 atom stereocenters. The fourth-order valence-electron chi connectivity index (χ4n) is 2.36. The Morgan fingerprint density at radius 3 is 2.65 bits per heavy atom. The molecular weight excluding hydrogens is 357 g/mol. The lowest BCUT2D eigenvalue weighted by Crippen LogP contribution is -2.16. The zero-order valence-corrected chi connectivity index (χ0v) is 14.3.